The van der Waals surface area contributed by atoms with Crippen molar-refractivity contribution in [3.8, 4) is 0 Å². The maximum atomic E-state index is 12.6. The van der Waals surface area contributed by atoms with E-state index in [4.69, 9.17) is 9.84 Å². The van der Waals surface area contributed by atoms with Crippen molar-refractivity contribution in [2.45, 2.75) is 156 Å². The topological polar surface area (TPSA) is 66.8 Å². The number of aliphatic carboxylic acids is 1. The van der Waals surface area contributed by atoms with Crippen molar-refractivity contribution < 1.29 is 19.4 Å². The van der Waals surface area contributed by atoms with Gasteiger partial charge in [0.15, 0.2) is 0 Å². The smallest absolute Gasteiger partial charge is 0.309 e. The van der Waals surface area contributed by atoms with Gasteiger partial charge in [0.05, 0.1) is 12.3 Å². The summed E-state index contributed by atoms with van der Waals surface area (Å²) in [6, 6.07) is 0. The molecule has 1 aliphatic rings. The van der Waals surface area contributed by atoms with Gasteiger partial charge in [0.1, 0.15) is 6.10 Å². The van der Waals surface area contributed by atoms with Crippen LogP contribution in [0.2, 0.25) is 0 Å². The molecule has 1 rings (SSSR count). The van der Waals surface area contributed by atoms with E-state index in [0.29, 0.717) is 0 Å². The SMILES string of the molecule is CCCCCCCCCCCCN1C(C)(CC)CC(OC(=O)C(C)CC(=O)O)C(C)C1(C)CC. The van der Waals surface area contributed by atoms with Crippen LogP contribution >= 0.6 is 0 Å². The molecule has 5 heteroatoms. The van der Waals surface area contributed by atoms with Gasteiger partial charge in [-0.2, -0.15) is 0 Å². The van der Waals surface area contributed by atoms with Crippen LogP contribution < -0.4 is 0 Å². The van der Waals surface area contributed by atoms with Gasteiger partial charge in [-0.05, 0) is 39.7 Å². The van der Waals surface area contributed by atoms with E-state index in [-0.39, 0.29) is 35.5 Å². The quantitative estimate of drug-likeness (QED) is 0.171. The molecule has 0 aromatic carbocycles. The summed E-state index contributed by atoms with van der Waals surface area (Å²) in [5.74, 6) is -1.75. The van der Waals surface area contributed by atoms with E-state index in [1.807, 2.05) is 0 Å². The third-order valence-electron chi connectivity index (χ3n) is 8.81. The van der Waals surface area contributed by atoms with E-state index in [1.54, 1.807) is 6.92 Å². The van der Waals surface area contributed by atoms with Crippen molar-refractivity contribution >= 4 is 11.9 Å². The lowest BCUT2D eigenvalue weighted by Crippen LogP contribution is -2.68. The van der Waals surface area contributed by atoms with Crippen LogP contribution in [0.5, 0.6) is 0 Å². The van der Waals surface area contributed by atoms with Gasteiger partial charge >= 0.3 is 11.9 Å². The Balaban J connectivity index is 2.69. The second-order valence-electron chi connectivity index (χ2n) is 11.4. The minimum atomic E-state index is -0.958. The Kier molecular flexibility index (Phi) is 13.7. The maximum absolute atomic E-state index is 12.6. The molecule has 1 heterocycles. The summed E-state index contributed by atoms with van der Waals surface area (Å²) in [5.41, 5.74) is -0.0825. The number of piperidine rings is 1. The van der Waals surface area contributed by atoms with Crippen molar-refractivity contribution in [3.05, 3.63) is 0 Å². The number of nitrogens with zero attached hydrogens (tertiary/aromatic N) is 1. The predicted molar refractivity (Wildman–Crippen MR) is 141 cm³/mol. The number of esters is 1. The first kappa shape index (κ1) is 30.9. The van der Waals surface area contributed by atoms with Crippen LogP contribution in [-0.4, -0.2) is 45.7 Å². The van der Waals surface area contributed by atoms with Crippen molar-refractivity contribution in [3.63, 3.8) is 0 Å². The van der Waals surface area contributed by atoms with Crippen molar-refractivity contribution in [1.29, 1.82) is 0 Å². The molecular weight excluding hydrogens is 426 g/mol. The molecule has 200 valence electrons. The van der Waals surface area contributed by atoms with Gasteiger partial charge in [-0.25, -0.2) is 0 Å². The number of hydrogen-bond acceptors (Lipinski definition) is 4. The monoisotopic (exact) mass is 481 g/mol. The molecule has 5 nitrogen and oxygen atoms in total. The number of unbranched alkanes of at least 4 members (excludes halogenated alkanes) is 9. The Morgan fingerprint density at radius 3 is 1.94 bits per heavy atom. The molecule has 0 amide bonds. The molecule has 0 aliphatic carbocycles. The van der Waals surface area contributed by atoms with Gasteiger partial charge in [-0.3, -0.25) is 14.5 Å². The highest BCUT2D eigenvalue weighted by Gasteiger charge is 2.53. The number of carbonyl (C=O) groups is 2. The molecule has 1 fully saturated rings. The van der Waals surface area contributed by atoms with E-state index in [2.05, 4.69) is 46.4 Å². The van der Waals surface area contributed by atoms with Crippen LogP contribution in [0.4, 0.5) is 0 Å². The van der Waals surface area contributed by atoms with Crippen LogP contribution in [0, 0.1) is 11.8 Å². The average molecular weight is 482 g/mol. The summed E-state index contributed by atoms with van der Waals surface area (Å²) < 4.78 is 5.99. The minimum absolute atomic E-state index is 0.0302. The summed E-state index contributed by atoms with van der Waals surface area (Å²) in [6.45, 7) is 16.4. The Bertz CT molecular complexity index is 609. The second kappa shape index (κ2) is 15.1. The van der Waals surface area contributed by atoms with E-state index < -0.39 is 11.9 Å². The van der Waals surface area contributed by atoms with Crippen molar-refractivity contribution in [2.24, 2.45) is 11.8 Å². The summed E-state index contributed by atoms with van der Waals surface area (Å²) in [5, 5.41) is 9.05. The molecule has 0 radical (unpaired) electrons. The zero-order chi connectivity index (χ0) is 25.8. The number of likely N-dealkylation sites (tertiary alicyclic amines) is 1. The first-order valence-electron chi connectivity index (χ1n) is 14.3. The van der Waals surface area contributed by atoms with Gasteiger partial charge in [0, 0.05) is 23.4 Å². The van der Waals surface area contributed by atoms with Crippen LogP contribution in [0.15, 0.2) is 0 Å². The lowest BCUT2D eigenvalue weighted by molar-refractivity contribution is -0.181. The number of hydrogen-bond donors (Lipinski definition) is 1. The average Bonchev–Trinajstić information content (AvgIpc) is 2.79. The Labute approximate surface area is 210 Å². The normalized spacial score (nSPS) is 28.6. The fourth-order valence-corrected chi connectivity index (χ4v) is 5.87. The van der Waals surface area contributed by atoms with Crippen molar-refractivity contribution in [1.82, 2.24) is 4.90 Å². The standard InChI is InChI=1S/C29H55NO4/c1-8-11-12-13-14-15-16-17-18-19-20-30-28(6,9-2)22-25(24(5)29(30,7)10-3)34-27(33)23(4)21-26(31)32/h23-25H,8-22H2,1-7H3,(H,31,32). The molecule has 1 N–H and O–H groups in total. The molecule has 5 atom stereocenters. The lowest BCUT2D eigenvalue weighted by atomic mass is 9.67. The van der Waals surface area contributed by atoms with E-state index in [9.17, 15) is 9.59 Å². The fraction of sp³-hybridized carbons (Fsp3) is 0.931. The van der Waals surface area contributed by atoms with Gasteiger partial charge in [0.2, 0.25) is 0 Å². The number of carboxylic acid groups (broad SMARTS) is 1. The van der Waals surface area contributed by atoms with E-state index in [0.717, 1.165) is 25.8 Å². The highest BCUT2D eigenvalue weighted by Crippen LogP contribution is 2.47. The third-order valence-corrected chi connectivity index (χ3v) is 8.81. The molecule has 1 aliphatic heterocycles. The number of carbonyl (C=O) groups excluding carboxylic acids is 1. The summed E-state index contributed by atoms with van der Waals surface area (Å²) in [6.07, 6.45) is 15.9. The van der Waals surface area contributed by atoms with Gasteiger partial charge in [-0.1, -0.05) is 92.4 Å². The number of rotatable bonds is 17. The molecule has 5 unspecified atom stereocenters. The number of ether oxygens (including phenoxy) is 1. The molecule has 0 aromatic rings. The van der Waals surface area contributed by atoms with Gasteiger partial charge in [-0.15, -0.1) is 0 Å². The molecule has 0 bridgehead atoms. The Morgan fingerprint density at radius 1 is 0.941 bits per heavy atom. The zero-order valence-electron chi connectivity index (χ0n) is 23.5. The summed E-state index contributed by atoms with van der Waals surface area (Å²) >= 11 is 0. The molecule has 1 saturated heterocycles. The molecule has 0 saturated carbocycles. The van der Waals surface area contributed by atoms with Gasteiger partial charge < -0.3 is 9.84 Å². The highest BCUT2D eigenvalue weighted by atomic mass is 16.5. The van der Waals surface area contributed by atoms with E-state index in [1.165, 1.54) is 64.2 Å². The predicted octanol–water partition coefficient (Wildman–Crippen LogP) is 7.61. The third kappa shape index (κ3) is 8.84. The molecule has 0 aromatic heterocycles. The summed E-state index contributed by atoms with van der Waals surface area (Å²) in [7, 11) is 0. The molecule has 0 spiro atoms. The first-order chi connectivity index (χ1) is 16.1. The Hall–Kier alpha value is -1.10. The van der Waals surface area contributed by atoms with Crippen LogP contribution in [0.1, 0.15) is 138 Å². The largest absolute Gasteiger partial charge is 0.481 e. The minimum Gasteiger partial charge on any atom is -0.481 e. The van der Waals surface area contributed by atoms with E-state index >= 15 is 0 Å². The van der Waals surface area contributed by atoms with Crippen molar-refractivity contribution in [2.75, 3.05) is 6.54 Å². The number of carboxylic acids is 1. The lowest BCUT2D eigenvalue weighted by Gasteiger charge is -2.60. The molecule has 34 heavy (non-hydrogen) atoms. The summed E-state index contributed by atoms with van der Waals surface area (Å²) in [4.78, 5) is 26.4. The van der Waals surface area contributed by atoms with Crippen LogP contribution in [0.3, 0.4) is 0 Å². The fourth-order valence-electron chi connectivity index (χ4n) is 5.87. The highest BCUT2D eigenvalue weighted by molar-refractivity contribution is 5.78. The Morgan fingerprint density at radius 2 is 1.47 bits per heavy atom. The zero-order valence-corrected chi connectivity index (χ0v) is 23.5. The second-order valence-corrected chi connectivity index (χ2v) is 11.4. The van der Waals surface area contributed by atoms with Crippen LogP contribution in [0.25, 0.3) is 0 Å². The van der Waals surface area contributed by atoms with Gasteiger partial charge in [0.25, 0.3) is 0 Å². The van der Waals surface area contributed by atoms with Crippen LogP contribution in [-0.2, 0) is 14.3 Å². The maximum Gasteiger partial charge on any atom is 0.309 e. The first-order valence-corrected chi connectivity index (χ1v) is 14.3. The molecular formula is C29H55NO4.